The first-order valence-corrected chi connectivity index (χ1v) is 12.8. The summed E-state index contributed by atoms with van der Waals surface area (Å²) < 4.78 is 63.5. The first-order valence-electron chi connectivity index (χ1n) is 12.4. The minimum Gasteiger partial charge on any atom is -0.455 e. The molecule has 2 aromatic carbocycles. The standard InChI is InChI=1S/C30H26ClF4N3O/c1-19-24(14-23(32)15-25(19)30(33,34)35)29(16-20-8-4-2-5-9-20,27-13-12-22(31)17-36-27)38-28-37-18-26(39-28)21-10-6-3-7-11-21/h2-15,17-19,25,28,37-38H,16H2,1H3. The van der Waals surface area contributed by atoms with Crippen LogP contribution >= 0.6 is 11.6 Å². The minimum absolute atomic E-state index is 0.165. The topological polar surface area (TPSA) is 46.2 Å². The molecule has 0 amide bonds. The van der Waals surface area contributed by atoms with Gasteiger partial charge in [-0.2, -0.15) is 13.2 Å². The molecule has 0 fully saturated rings. The normalized spacial score (nSPS) is 22.6. The molecule has 0 saturated carbocycles. The van der Waals surface area contributed by atoms with Gasteiger partial charge in [0, 0.05) is 24.4 Å². The number of rotatable bonds is 7. The predicted molar refractivity (Wildman–Crippen MR) is 143 cm³/mol. The van der Waals surface area contributed by atoms with Crippen LogP contribution in [0.15, 0.2) is 109 Å². The zero-order valence-corrected chi connectivity index (χ0v) is 21.7. The lowest BCUT2D eigenvalue weighted by atomic mass is 9.69. The van der Waals surface area contributed by atoms with Gasteiger partial charge in [-0.1, -0.05) is 79.2 Å². The zero-order valence-electron chi connectivity index (χ0n) is 20.9. The van der Waals surface area contributed by atoms with Crippen molar-refractivity contribution in [3.63, 3.8) is 0 Å². The van der Waals surface area contributed by atoms with Crippen LogP contribution in [0.5, 0.6) is 0 Å². The van der Waals surface area contributed by atoms with Gasteiger partial charge in [0.1, 0.15) is 11.6 Å². The third kappa shape index (κ3) is 5.72. The molecule has 0 spiro atoms. The summed E-state index contributed by atoms with van der Waals surface area (Å²) in [4.78, 5) is 4.53. The van der Waals surface area contributed by atoms with Gasteiger partial charge >= 0.3 is 6.18 Å². The Hall–Kier alpha value is -3.62. The third-order valence-electron chi connectivity index (χ3n) is 7.06. The fourth-order valence-electron chi connectivity index (χ4n) is 5.20. The Morgan fingerprint density at radius 1 is 1.00 bits per heavy atom. The number of halogens is 5. The molecule has 2 N–H and O–H groups in total. The number of hydrogen-bond donors (Lipinski definition) is 2. The van der Waals surface area contributed by atoms with E-state index in [4.69, 9.17) is 16.3 Å². The zero-order chi connectivity index (χ0) is 27.6. The van der Waals surface area contributed by atoms with E-state index < -0.39 is 35.7 Å². The maximum absolute atomic E-state index is 15.0. The first-order chi connectivity index (χ1) is 18.7. The largest absolute Gasteiger partial charge is 0.455 e. The van der Waals surface area contributed by atoms with Crippen LogP contribution in [0, 0.1) is 11.8 Å². The Morgan fingerprint density at radius 2 is 1.69 bits per heavy atom. The second-order valence-corrected chi connectivity index (χ2v) is 10.1. The van der Waals surface area contributed by atoms with Gasteiger partial charge in [-0.3, -0.25) is 4.98 Å². The van der Waals surface area contributed by atoms with Gasteiger partial charge in [0.05, 0.1) is 22.2 Å². The van der Waals surface area contributed by atoms with E-state index in [-0.39, 0.29) is 12.0 Å². The highest BCUT2D eigenvalue weighted by Gasteiger charge is 2.51. The predicted octanol–water partition coefficient (Wildman–Crippen LogP) is 7.27. The van der Waals surface area contributed by atoms with Crippen molar-refractivity contribution in [2.24, 2.45) is 11.8 Å². The average Bonchev–Trinajstić information content (AvgIpc) is 3.38. The monoisotopic (exact) mass is 555 g/mol. The Labute approximate surface area is 229 Å². The molecular weight excluding hydrogens is 530 g/mol. The van der Waals surface area contributed by atoms with Crippen molar-refractivity contribution in [3.8, 4) is 0 Å². The van der Waals surface area contributed by atoms with E-state index in [0.717, 1.165) is 11.1 Å². The van der Waals surface area contributed by atoms with Crippen LogP contribution in [0.3, 0.4) is 0 Å². The number of nitrogens with one attached hydrogen (secondary N) is 2. The van der Waals surface area contributed by atoms with E-state index in [1.54, 1.807) is 18.3 Å². The Morgan fingerprint density at radius 3 is 2.33 bits per heavy atom. The molecule has 4 nitrogen and oxygen atoms in total. The van der Waals surface area contributed by atoms with Crippen LogP contribution in [-0.2, 0) is 16.7 Å². The average molecular weight is 556 g/mol. The Balaban J connectivity index is 1.63. The fourth-order valence-corrected chi connectivity index (χ4v) is 5.31. The van der Waals surface area contributed by atoms with Crippen molar-refractivity contribution in [2.75, 3.05) is 0 Å². The molecule has 4 unspecified atom stereocenters. The number of hydrogen-bond acceptors (Lipinski definition) is 4. The molecule has 5 rings (SSSR count). The van der Waals surface area contributed by atoms with Crippen LogP contribution in [0.25, 0.3) is 5.76 Å². The van der Waals surface area contributed by atoms with Crippen molar-refractivity contribution in [3.05, 3.63) is 131 Å². The molecule has 0 bridgehead atoms. The summed E-state index contributed by atoms with van der Waals surface area (Å²) in [5.74, 6) is -3.53. The van der Waals surface area contributed by atoms with E-state index >= 15 is 0 Å². The highest BCUT2D eigenvalue weighted by molar-refractivity contribution is 6.30. The van der Waals surface area contributed by atoms with Crippen molar-refractivity contribution in [1.29, 1.82) is 0 Å². The molecule has 39 heavy (non-hydrogen) atoms. The summed E-state index contributed by atoms with van der Waals surface area (Å²) in [6, 6.07) is 21.9. The number of benzene rings is 2. The fraction of sp³-hybridized carbons (Fsp3) is 0.233. The maximum atomic E-state index is 15.0. The lowest BCUT2D eigenvalue weighted by Gasteiger charge is -2.44. The quantitative estimate of drug-likeness (QED) is 0.301. The van der Waals surface area contributed by atoms with Gasteiger partial charge in [-0.05, 0) is 41.3 Å². The summed E-state index contributed by atoms with van der Waals surface area (Å²) in [6.07, 6.45) is -0.405. The molecule has 3 aromatic rings. The molecule has 4 atom stereocenters. The minimum atomic E-state index is -4.65. The smallest absolute Gasteiger partial charge is 0.395 e. The van der Waals surface area contributed by atoms with E-state index in [2.05, 4.69) is 15.6 Å². The van der Waals surface area contributed by atoms with Gasteiger partial charge in [0.15, 0.2) is 0 Å². The Bertz CT molecular complexity index is 1390. The molecule has 0 saturated heterocycles. The summed E-state index contributed by atoms with van der Waals surface area (Å²) >= 11 is 6.14. The van der Waals surface area contributed by atoms with Crippen molar-refractivity contribution < 1.29 is 22.3 Å². The molecule has 1 aliphatic carbocycles. The number of ether oxygens (including phenoxy) is 1. The first kappa shape index (κ1) is 27.0. The molecule has 1 aromatic heterocycles. The van der Waals surface area contributed by atoms with Gasteiger partial charge in [-0.25, -0.2) is 9.71 Å². The number of alkyl halides is 3. The third-order valence-corrected chi connectivity index (χ3v) is 7.28. The van der Waals surface area contributed by atoms with Crippen LogP contribution < -0.4 is 10.6 Å². The van der Waals surface area contributed by atoms with Crippen molar-refractivity contribution in [1.82, 2.24) is 15.6 Å². The van der Waals surface area contributed by atoms with Crippen LogP contribution in [0.4, 0.5) is 17.6 Å². The van der Waals surface area contributed by atoms with Gasteiger partial charge in [0.25, 0.3) is 0 Å². The lowest BCUT2D eigenvalue weighted by Crippen LogP contribution is -2.56. The molecule has 9 heteroatoms. The van der Waals surface area contributed by atoms with Crippen LogP contribution in [0.1, 0.15) is 23.7 Å². The number of allylic oxidation sites excluding steroid dienone is 3. The van der Waals surface area contributed by atoms with E-state index in [0.29, 0.717) is 22.6 Å². The second kappa shape index (κ2) is 10.9. The summed E-state index contributed by atoms with van der Waals surface area (Å²) in [5, 5.41) is 6.87. The SMILES string of the molecule is CC1C(C(Cc2ccccc2)(NC2NC=C(c3ccccc3)O2)c2ccc(Cl)cn2)=CC(F)=CC1C(F)(F)F. The van der Waals surface area contributed by atoms with E-state index in [1.165, 1.54) is 19.2 Å². The van der Waals surface area contributed by atoms with E-state index in [1.807, 2.05) is 60.7 Å². The van der Waals surface area contributed by atoms with Crippen molar-refractivity contribution in [2.45, 2.75) is 31.4 Å². The number of aromatic nitrogens is 1. The van der Waals surface area contributed by atoms with E-state index in [9.17, 15) is 17.6 Å². The van der Waals surface area contributed by atoms with Gasteiger partial charge in [0.2, 0.25) is 6.35 Å². The summed E-state index contributed by atoms with van der Waals surface area (Å²) in [6.45, 7) is 1.46. The second-order valence-electron chi connectivity index (χ2n) is 9.62. The molecule has 1 aliphatic heterocycles. The highest BCUT2D eigenvalue weighted by atomic mass is 35.5. The van der Waals surface area contributed by atoms with Gasteiger partial charge in [-0.15, -0.1) is 0 Å². The molecule has 2 aliphatic rings. The lowest BCUT2D eigenvalue weighted by molar-refractivity contribution is -0.171. The summed E-state index contributed by atoms with van der Waals surface area (Å²) in [7, 11) is 0. The molecular formula is C30H26ClF4N3O. The maximum Gasteiger partial charge on any atom is 0.395 e. The Kier molecular flexibility index (Phi) is 7.51. The number of nitrogens with zero attached hydrogens (tertiary/aromatic N) is 1. The van der Waals surface area contributed by atoms with Gasteiger partial charge < -0.3 is 10.1 Å². The number of pyridine rings is 1. The highest BCUT2D eigenvalue weighted by Crippen LogP contribution is 2.48. The van der Waals surface area contributed by atoms with Crippen molar-refractivity contribution >= 4 is 17.4 Å². The summed E-state index contributed by atoms with van der Waals surface area (Å²) in [5.41, 5.74) is 0.801. The van der Waals surface area contributed by atoms with Crippen LogP contribution in [0.2, 0.25) is 5.02 Å². The molecule has 2 heterocycles. The molecule has 202 valence electrons. The van der Waals surface area contributed by atoms with Crippen LogP contribution in [-0.4, -0.2) is 17.5 Å². The molecule has 0 radical (unpaired) electrons.